The lowest BCUT2D eigenvalue weighted by molar-refractivity contribution is -0.134. The quantitative estimate of drug-likeness (QED) is 0.538. The van der Waals surface area contributed by atoms with Gasteiger partial charge in [0.25, 0.3) is 5.97 Å². The molecule has 0 bridgehead atoms. The Bertz CT molecular complexity index is 67.5. The minimum Gasteiger partial charge on any atom is -0.481 e. The van der Waals surface area contributed by atoms with Crippen molar-refractivity contribution in [2.45, 2.75) is 6.92 Å². The van der Waals surface area contributed by atoms with Crippen molar-refractivity contribution in [1.82, 2.24) is 0 Å². The normalized spacial score (nSPS) is 4.67. The van der Waals surface area contributed by atoms with Gasteiger partial charge in [0.1, 0.15) is 0 Å². The highest BCUT2D eigenvalue weighted by molar-refractivity contribution is 6.25. The van der Waals surface area contributed by atoms with Gasteiger partial charge in [0.2, 0.25) is 0 Å². The maximum absolute atomic E-state index is 9.00. The molecule has 0 aliphatic carbocycles. The van der Waals surface area contributed by atoms with E-state index in [2.05, 4.69) is 19.7 Å². The van der Waals surface area contributed by atoms with Crippen LogP contribution in [0.25, 0.3) is 0 Å². The molecule has 9 heavy (non-hydrogen) atoms. The Morgan fingerprint density at radius 2 is 1.67 bits per heavy atom. The van der Waals surface area contributed by atoms with Crippen LogP contribution in [-0.2, 0) is 4.79 Å². The van der Waals surface area contributed by atoms with Crippen LogP contribution in [0.15, 0.2) is 25.3 Å². The van der Waals surface area contributed by atoms with E-state index in [0.717, 1.165) is 6.92 Å². The molecule has 0 aromatic heterocycles. The second-order valence-electron chi connectivity index (χ2n) is 0.673. The van der Waals surface area contributed by atoms with Gasteiger partial charge >= 0.3 is 0 Å². The number of carboxylic acids is 1. The van der Waals surface area contributed by atoms with Crippen molar-refractivity contribution in [3.05, 3.63) is 25.3 Å². The minimum absolute atomic E-state index is 0.833. The highest BCUT2D eigenvalue weighted by atomic mass is 35.5. The number of hydrogen-bond acceptors (Lipinski definition) is 1. The molecule has 54 valence electrons. The molecule has 0 aliphatic heterocycles. The van der Waals surface area contributed by atoms with Gasteiger partial charge in [0.05, 0.1) is 0 Å². The van der Waals surface area contributed by atoms with Gasteiger partial charge in [-0.2, -0.15) is 0 Å². The summed E-state index contributed by atoms with van der Waals surface area (Å²) in [5.74, 6) is -0.833. The summed E-state index contributed by atoms with van der Waals surface area (Å²) in [5.41, 5.74) is 1.22. The molecule has 1 N–H and O–H groups in total. The van der Waals surface area contributed by atoms with Crippen molar-refractivity contribution in [2.75, 3.05) is 0 Å². The Kier molecular flexibility index (Phi) is 46.9. The zero-order valence-electron chi connectivity index (χ0n) is 5.43. The molecule has 0 spiro atoms. The summed E-state index contributed by atoms with van der Waals surface area (Å²) in [4.78, 5) is 9.00. The van der Waals surface area contributed by atoms with Crippen LogP contribution in [0.5, 0.6) is 0 Å². The number of aliphatic carboxylic acids is 1. The molecule has 0 amide bonds. The van der Waals surface area contributed by atoms with E-state index in [1.54, 1.807) is 0 Å². The molecule has 0 radical (unpaired) electrons. The smallest absolute Gasteiger partial charge is 0.300 e. The second kappa shape index (κ2) is 26.9. The molecule has 3 heteroatoms. The Balaban J connectivity index is -0.0000000646. The summed E-state index contributed by atoms with van der Waals surface area (Å²) >= 11 is 4.76. The Hall–Kier alpha value is -0.760. The summed E-state index contributed by atoms with van der Waals surface area (Å²) < 4.78 is 0. The zero-order chi connectivity index (χ0) is 8.28. The predicted molar refractivity (Wildman–Crippen MR) is 40.6 cm³/mol. The van der Waals surface area contributed by atoms with Gasteiger partial charge < -0.3 is 5.11 Å². The average molecular weight is 151 g/mol. The number of carbonyl (C=O) groups is 1. The van der Waals surface area contributed by atoms with E-state index in [4.69, 9.17) is 21.5 Å². The fourth-order valence-corrected chi connectivity index (χ4v) is 0. The fraction of sp³-hybridized carbons (Fsp3) is 0.167. The molecule has 0 rings (SSSR count). The van der Waals surface area contributed by atoms with Crippen LogP contribution < -0.4 is 0 Å². The molecule has 0 atom stereocenters. The first kappa shape index (κ1) is 15.7. The summed E-state index contributed by atoms with van der Waals surface area (Å²) in [7, 11) is 0. The SMILES string of the molecule is C=C.C=CCl.CC(=O)O. The lowest BCUT2D eigenvalue weighted by atomic mass is 10.9. The van der Waals surface area contributed by atoms with Gasteiger partial charge in [-0.25, -0.2) is 0 Å². The average Bonchev–Trinajstić information content (AvgIpc) is 1.71. The van der Waals surface area contributed by atoms with E-state index in [-0.39, 0.29) is 0 Å². The van der Waals surface area contributed by atoms with Crippen LogP contribution in [0.2, 0.25) is 0 Å². The van der Waals surface area contributed by atoms with Crippen LogP contribution in [0.4, 0.5) is 0 Å². The predicted octanol–water partition coefficient (Wildman–Crippen LogP) is 2.26. The van der Waals surface area contributed by atoms with Crippen LogP contribution in [0, 0.1) is 0 Å². The van der Waals surface area contributed by atoms with Crippen molar-refractivity contribution in [3.8, 4) is 0 Å². The van der Waals surface area contributed by atoms with Gasteiger partial charge in [-0.05, 0) is 5.54 Å². The van der Waals surface area contributed by atoms with E-state index in [0.29, 0.717) is 0 Å². The van der Waals surface area contributed by atoms with E-state index in [1.807, 2.05) is 0 Å². The second-order valence-corrected chi connectivity index (χ2v) is 0.982. The third kappa shape index (κ3) is 344. The number of hydrogen-bond donors (Lipinski definition) is 1. The molecule has 0 aliphatic rings. The molecule has 2 nitrogen and oxygen atoms in total. The van der Waals surface area contributed by atoms with Crippen LogP contribution >= 0.6 is 11.6 Å². The summed E-state index contributed by atoms with van der Waals surface area (Å²) in [6.45, 7) is 10.2. The number of carboxylic acid groups (broad SMARTS) is 1. The highest BCUT2D eigenvalue weighted by Crippen LogP contribution is 1.60. The van der Waals surface area contributed by atoms with E-state index in [1.165, 1.54) is 5.54 Å². The lowest BCUT2D eigenvalue weighted by Crippen LogP contribution is -1.78. The van der Waals surface area contributed by atoms with Crippen molar-refractivity contribution in [2.24, 2.45) is 0 Å². The van der Waals surface area contributed by atoms with Gasteiger partial charge in [0, 0.05) is 6.92 Å². The lowest BCUT2D eigenvalue weighted by Gasteiger charge is -1.59. The summed E-state index contributed by atoms with van der Waals surface area (Å²) in [6.07, 6.45) is 0. The maximum atomic E-state index is 9.00. The molecule has 0 unspecified atom stereocenters. The Morgan fingerprint density at radius 1 is 1.67 bits per heavy atom. The highest BCUT2D eigenvalue weighted by Gasteiger charge is 1.65. The summed E-state index contributed by atoms with van der Waals surface area (Å²) in [6, 6.07) is 0. The van der Waals surface area contributed by atoms with Crippen molar-refractivity contribution in [3.63, 3.8) is 0 Å². The first-order valence-corrected chi connectivity index (χ1v) is 2.49. The molecular formula is C6H11ClO2. The largest absolute Gasteiger partial charge is 0.481 e. The first-order valence-electron chi connectivity index (χ1n) is 2.05. The molecule has 0 aromatic rings. The molecule has 0 fully saturated rings. The zero-order valence-corrected chi connectivity index (χ0v) is 6.19. The minimum atomic E-state index is -0.833. The molecule has 0 aromatic carbocycles. The topological polar surface area (TPSA) is 37.3 Å². The third-order valence-corrected chi connectivity index (χ3v) is 0. The van der Waals surface area contributed by atoms with Crippen molar-refractivity contribution in [1.29, 1.82) is 0 Å². The fourth-order valence-electron chi connectivity index (χ4n) is 0. The standard InChI is InChI=1S/C2H3Cl.C2H4O2.C2H4/c1-2-3;1-2(3)4;1-2/h2H,1H2;1H3,(H,3,4);1-2H2. The van der Waals surface area contributed by atoms with Crippen molar-refractivity contribution < 1.29 is 9.90 Å². The Morgan fingerprint density at radius 3 is 1.67 bits per heavy atom. The molecular weight excluding hydrogens is 140 g/mol. The molecule has 0 saturated heterocycles. The van der Waals surface area contributed by atoms with E-state index >= 15 is 0 Å². The third-order valence-electron chi connectivity index (χ3n) is 0. The van der Waals surface area contributed by atoms with Gasteiger partial charge in [-0.3, -0.25) is 4.79 Å². The number of rotatable bonds is 0. The summed E-state index contributed by atoms with van der Waals surface area (Å²) in [5, 5.41) is 7.42. The van der Waals surface area contributed by atoms with Gasteiger partial charge in [-0.15, -0.1) is 13.2 Å². The van der Waals surface area contributed by atoms with Gasteiger partial charge in [0.15, 0.2) is 0 Å². The molecule has 0 heterocycles. The van der Waals surface area contributed by atoms with Crippen molar-refractivity contribution >= 4 is 17.6 Å². The maximum Gasteiger partial charge on any atom is 0.300 e. The monoisotopic (exact) mass is 150 g/mol. The Labute approximate surface area is 60.5 Å². The van der Waals surface area contributed by atoms with Gasteiger partial charge in [-0.1, -0.05) is 18.2 Å². The molecule has 0 saturated carbocycles. The number of halogens is 1. The van der Waals surface area contributed by atoms with Crippen LogP contribution in [0.1, 0.15) is 6.92 Å². The van der Waals surface area contributed by atoms with E-state index in [9.17, 15) is 0 Å². The van der Waals surface area contributed by atoms with Crippen LogP contribution in [0.3, 0.4) is 0 Å². The van der Waals surface area contributed by atoms with Crippen LogP contribution in [-0.4, -0.2) is 11.1 Å². The van der Waals surface area contributed by atoms with E-state index < -0.39 is 5.97 Å². The first-order chi connectivity index (χ1) is 4.15.